The van der Waals surface area contributed by atoms with E-state index in [0.29, 0.717) is 12.1 Å². The van der Waals surface area contributed by atoms with Crippen LogP contribution in [0, 0.1) is 0 Å². The summed E-state index contributed by atoms with van der Waals surface area (Å²) < 4.78 is 5.47. The minimum atomic E-state index is 0.441. The van der Waals surface area contributed by atoms with E-state index in [0.717, 1.165) is 31.0 Å². The summed E-state index contributed by atoms with van der Waals surface area (Å²) in [5, 5.41) is 0. The Balaban J connectivity index is 2.28. The molecule has 0 saturated carbocycles. The predicted octanol–water partition coefficient (Wildman–Crippen LogP) is 2.27. The van der Waals surface area contributed by atoms with Gasteiger partial charge in [0.05, 0.1) is 24.0 Å². The molecule has 1 heterocycles. The SMILES string of the molecule is CC(C)N(c1ccccc1N)C1CCOC1. The zero-order valence-electron chi connectivity index (χ0n) is 10.0. The lowest BCUT2D eigenvalue weighted by atomic mass is 10.1. The van der Waals surface area contributed by atoms with Crippen molar-refractivity contribution in [1.29, 1.82) is 0 Å². The summed E-state index contributed by atoms with van der Waals surface area (Å²) in [5.41, 5.74) is 8.03. The maximum atomic E-state index is 6.04. The van der Waals surface area contributed by atoms with E-state index < -0.39 is 0 Å². The quantitative estimate of drug-likeness (QED) is 0.794. The molecule has 1 aliphatic rings. The highest BCUT2D eigenvalue weighted by Gasteiger charge is 2.26. The summed E-state index contributed by atoms with van der Waals surface area (Å²) in [4.78, 5) is 2.38. The number of nitrogens with zero attached hydrogens (tertiary/aromatic N) is 1. The summed E-state index contributed by atoms with van der Waals surface area (Å²) >= 11 is 0. The van der Waals surface area contributed by atoms with Crippen molar-refractivity contribution in [2.24, 2.45) is 0 Å². The lowest BCUT2D eigenvalue weighted by Crippen LogP contribution is -2.41. The normalized spacial score (nSPS) is 20.3. The Morgan fingerprint density at radius 2 is 2.12 bits per heavy atom. The van der Waals surface area contributed by atoms with Crippen LogP contribution in [0.25, 0.3) is 0 Å². The molecule has 88 valence electrons. The average Bonchev–Trinajstić information content (AvgIpc) is 2.74. The van der Waals surface area contributed by atoms with Crippen LogP contribution in [0.1, 0.15) is 20.3 Å². The molecule has 3 nitrogen and oxygen atoms in total. The van der Waals surface area contributed by atoms with Crippen molar-refractivity contribution in [2.75, 3.05) is 23.8 Å². The van der Waals surface area contributed by atoms with Gasteiger partial charge in [-0.2, -0.15) is 0 Å². The standard InChI is InChI=1S/C13H20N2O/c1-10(2)15(11-7-8-16-9-11)13-6-4-3-5-12(13)14/h3-6,10-11H,7-9,14H2,1-2H3. The van der Waals surface area contributed by atoms with Crippen molar-refractivity contribution in [2.45, 2.75) is 32.4 Å². The molecule has 0 aromatic heterocycles. The lowest BCUT2D eigenvalue weighted by Gasteiger charge is -2.35. The first-order chi connectivity index (χ1) is 7.70. The van der Waals surface area contributed by atoms with Crippen LogP contribution in [0.3, 0.4) is 0 Å². The molecule has 1 fully saturated rings. The summed E-state index contributed by atoms with van der Waals surface area (Å²) in [6.45, 7) is 6.07. The second-order valence-corrected chi connectivity index (χ2v) is 4.58. The van der Waals surface area contributed by atoms with Gasteiger partial charge in [0, 0.05) is 12.6 Å². The number of hydrogen-bond acceptors (Lipinski definition) is 3. The summed E-state index contributed by atoms with van der Waals surface area (Å²) in [6, 6.07) is 8.97. The maximum Gasteiger partial charge on any atom is 0.0671 e. The van der Waals surface area contributed by atoms with Crippen LogP contribution in [0.2, 0.25) is 0 Å². The Kier molecular flexibility index (Phi) is 3.34. The monoisotopic (exact) mass is 220 g/mol. The molecular formula is C13H20N2O. The Bertz CT molecular complexity index is 346. The van der Waals surface area contributed by atoms with Crippen LogP contribution in [0.4, 0.5) is 11.4 Å². The smallest absolute Gasteiger partial charge is 0.0671 e. The van der Waals surface area contributed by atoms with Crippen LogP contribution in [-0.2, 0) is 4.74 Å². The molecule has 16 heavy (non-hydrogen) atoms. The van der Waals surface area contributed by atoms with Gasteiger partial charge >= 0.3 is 0 Å². The third-order valence-electron chi connectivity index (χ3n) is 3.07. The summed E-state index contributed by atoms with van der Waals surface area (Å²) in [5.74, 6) is 0. The number of rotatable bonds is 3. The Morgan fingerprint density at radius 3 is 2.69 bits per heavy atom. The fourth-order valence-corrected chi connectivity index (χ4v) is 2.36. The first kappa shape index (κ1) is 11.3. The molecule has 1 unspecified atom stereocenters. The molecular weight excluding hydrogens is 200 g/mol. The second kappa shape index (κ2) is 4.74. The number of nitrogens with two attached hydrogens (primary N) is 1. The van der Waals surface area contributed by atoms with E-state index in [2.05, 4.69) is 24.8 Å². The van der Waals surface area contributed by atoms with Crippen molar-refractivity contribution in [3.05, 3.63) is 24.3 Å². The highest BCUT2D eigenvalue weighted by molar-refractivity contribution is 5.68. The molecule has 2 N–H and O–H groups in total. The van der Waals surface area contributed by atoms with Crippen LogP contribution >= 0.6 is 0 Å². The molecule has 1 aromatic carbocycles. The minimum Gasteiger partial charge on any atom is -0.397 e. The molecule has 0 spiro atoms. The van der Waals surface area contributed by atoms with Crippen molar-refractivity contribution >= 4 is 11.4 Å². The number of benzene rings is 1. The van der Waals surface area contributed by atoms with E-state index in [1.165, 1.54) is 0 Å². The van der Waals surface area contributed by atoms with Crippen LogP contribution < -0.4 is 10.6 Å². The first-order valence-corrected chi connectivity index (χ1v) is 5.90. The van der Waals surface area contributed by atoms with Gasteiger partial charge in [0.2, 0.25) is 0 Å². The van der Waals surface area contributed by atoms with Crippen molar-refractivity contribution < 1.29 is 4.74 Å². The molecule has 1 saturated heterocycles. The Hall–Kier alpha value is -1.22. The number of hydrogen-bond donors (Lipinski definition) is 1. The minimum absolute atomic E-state index is 0.441. The zero-order valence-corrected chi connectivity index (χ0v) is 10.0. The number of ether oxygens (including phenoxy) is 1. The number of para-hydroxylation sites is 2. The van der Waals surface area contributed by atoms with Crippen molar-refractivity contribution in [1.82, 2.24) is 0 Å². The molecule has 1 aromatic rings. The van der Waals surface area contributed by atoms with Gasteiger partial charge in [-0.1, -0.05) is 12.1 Å². The van der Waals surface area contributed by atoms with Gasteiger partial charge in [-0.15, -0.1) is 0 Å². The Morgan fingerprint density at radius 1 is 1.38 bits per heavy atom. The van der Waals surface area contributed by atoms with Gasteiger partial charge in [-0.25, -0.2) is 0 Å². The number of nitrogen functional groups attached to an aromatic ring is 1. The van der Waals surface area contributed by atoms with Gasteiger partial charge < -0.3 is 15.4 Å². The number of anilines is 2. The molecule has 0 radical (unpaired) electrons. The highest BCUT2D eigenvalue weighted by Crippen LogP contribution is 2.29. The van der Waals surface area contributed by atoms with Crippen LogP contribution in [0.5, 0.6) is 0 Å². The van der Waals surface area contributed by atoms with E-state index in [9.17, 15) is 0 Å². The largest absolute Gasteiger partial charge is 0.397 e. The highest BCUT2D eigenvalue weighted by atomic mass is 16.5. The van der Waals surface area contributed by atoms with Crippen LogP contribution in [0.15, 0.2) is 24.3 Å². The van der Waals surface area contributed by atoms with Gasteiger partial charge in [-0.05, 0) is 32.4 Å². The fraction of sp³-hybridized carbons (Fsp3) is 0.538. The zero-order chi connectivity index (χ0) is 11.5. The van der Waals surface area contributed by atoms with E-state index in [1.54, 1.807) is 0 Å². The van der Waals surface area contributed by atoms with E-state index in [4.69, 9.17) is 10.5 Å². The van der Waals surface area contributed by atoms with E-state index in [-0.39, 0.29) is 0 Å². The van der Waals surface area contributed by atoms with Gasteiger partial charge in [-0.3, -0.25) is 0 Å². The van der Waals surface area contributed by atoms with E-state index in [1.807, 2.05) is 18.2 Å². The molecule has 0 aliphatic carbocycles. The molecule has 0 amide bonds. The Labute approximate surface area is 97.2 Å². The van der Waals surface area contributed by atoms with Gasteiger partial charge in [0.1, 0.15) is 0 Å². The van der Waals surface area contributed by atoms with Crippen molar-refractivity contribution in [3.63, 3.8) is 0 Å². The fourth-order valence-electron chi connectivity index (χ4n) is 2.36. The van der Waals surface area contributed by atoms with Gasteiger partial charge in [0.25, 0.3) is 0 Å². The summed E-state index contributed by atoms with van der Waals surface area (Å²) in [7, 11) is 0. The maximum absolute atomic E-state index is 6.04. The molecule has 1 atom stereocenters. The average molecular weight is 220 g/mol. The predicted molar refractivity (Wildman–Crippen MR) is 67.7 cm³/mol. The third kappa shape index (κ3) is 2.14. The molecule has 0 bridgehead atoms. The lowest BCUT2D eigenvalue weighted by molar-refractivity contribution is 0.192. The van der Waals surface area contributed by atoms with Crippen LogP contribution in [-0.4, -0.2) is 25.3 Å². The van der Waals surface area contributed by atoms with Crippen molar-refractivity contribution in [3.8, 4) is 0 Å². The van der Waals surface area contributed by atoms with Gasteiger partial charge in [0.15, 0.2) is 0 Å². The second-order valence-electron chi connectivity index (χ2n) is 4.58. The molecule has 3 heteroatoms. The molecule has 2 rings (SSSR count). The summed E-state index contributed by atoms with van der Waals surface area (Å²) in [6.07, 6.45) is 1.09. The first-order valence-electron chi connectivity index (χ1n) is 5.90. The third-order valence-corrected chi connectivity index (χ3v) is 3.07. The molecule has 1 aliphatic heterocycles. The topological polar surface area (TPSA) is 38.5 Å². The van der Waals surface area contributed by atoms with E-state index >= 15 is 0 Å².